The third-order valence-corrected chi connectivity index (χ3v) is 3.54. The van der Waals surface area contributed by atoms with Crippen LogP contribution < -0.4 is 14.8 Å². The van der Waals surface area contributed by atoms with Gasteiger partial charge in [-0.3, -0.25) is 0 Å². The van der Waals surface area contributed by atoms with E-state index in [0.29, 0.717) is 27.4 Å². The van der Waals surface area contributed by atoms with Gasteiger partial charge < -0.3 is 14.8 Å². The van der Waals surface area contributed by atoms with Crippen LogP contribution in [0.4, 0.5) is 5.82 Å². The van der Waals surface area contributed by atoms with Crippen LogP contribution in [-0.2, 0) is 6.42 Å². The zero-order valence-corrected chi connectivity index (χ0v) is 13.5. The second-order valence-corrected chi connectivity index (χ2v) is 5.11. The van der Waals surface area contributed by atoms with Crippen LogP contribution in [0.2, 0.25) is 10.0 Å². The molecule has 21 heavy (non-hydrogen) atoms. The van der Waals surface area contributed by atoms with Gasteiger partial charge in [0, 0.05) is 7.05 Å². The van der Waals surface area contributed by atoms with Crippen molar-refractivity contribution in [3.05, 3.63) is 39.9 Å². The lowest BCUT2D eigenvalue weighted by Crippen LogP contribution is -1.98. The Morgan fingerprint density at radius 1 is 1.14 bits per heavy atom. The maximum atomic E-state index is 6.12. The van der Waals surface area contributed by atoms with Gasteiger partial charge in [-0.05, 0) is 30.2 Å². The number of aromatic nitrogens is 1. The van der Waals surface area contributed by atoms with Crippen molar-refractivity contribution in [3.63, 3.8) is 0 Å². The standard InChI is InChI=1S/C15H16Cl2N2O2/c1-4-9-5-6-12(13(7-9)20-3)21-15-11(17)8-10(16)14(18-2)19-15/h5-8H,4H2,1-3H3,(H,18,19). The highest BCUT2D eigenvalue weighted by Crippen LogP contribution is 2.37. The fourth-order valence-corrected chi connectivity index (χ4v) is 2.31. The predicted molar refractivity (Wildman–Crippen MR) is 86.2 cm³/mol. The monoisotopic (exact) mass is 326 g/mol. The molecule has 2 rings (SSSR count). The SMILES string of the molecule is CCc1ccc(Oc2nc(NC)c(Cl)cc2Cl)c(OC)c1. The van der Waals surface area contributed by atoms with Crippen LogP contribution in [0.1, 0.15) is 12.5 Å². The number of aryl methyl sites for hydroxylation is 1. The number of hydrogen-bond acceptors (Lipinski definition) is 4. The van der Waals surface area contributed by atoms with Gasteiger partial charge in [-0.2, -0.15) is 4.98 Å². The minimum atomic E-state index is 0.271. The molecule has 0 atom stereocenters. The number of nitrogens with zero attached hydrogens (tertiary/aromatic N) is 1. The summed E-state index contributed by atoms with van der Waals surface area (Å²) in [6, 6.07) is 7.33. The Kier molecular flexibility index (Phi) is 5.15. The average molecular weight is 327 g/mol. The first-order chi connectivity index (χ1) is 10.1. The summed E-state index contributed by atoms with van der Waals surface area (Å²) in [5, 5.41) is 3.65. The Hall–Kier alpha value is -1.65. The molecule has 0 bridgehead atoms. The number of halogens is 2. The molecule has 0 saturated carbocycles. The molecule has 0 fully saturated rings. The molecule has 0 aliphatic heterocycles. The third-order valence-electron chi connectivity index (χ3n) is 2.98. The molecule has 0 aliphatic rings. The van der Waals surface area contributed by atoms with Crippen LogP contribution in [0.3, 0.4) is 0 Å². The van der Waals surface area contributed by atoms with E-state index in [1.54, 1.807) is 20.2 Å². The number of methoxy groups -OCH3 is 1. The lowest BCUT2D eigenvalue weighted by atomic mass is 10.1. The summed E-state index contributed by atoms with van der Waals surface area (Å²) in [7, 11) is 3.32. The smallest absolute Gasteiger partial charge is 0.240 e. The topological polar surface area (TPSA) is 43.4 Å². The minimum Gasteiger partial charge on any atom is -0.493 e. The zero-order valence-electron chi connectivity index (χ0n) is 12.0. The van der Waals surface area contributed by atoms with Crippen LogP contribution in [0.25, 0.3) is 0 Å². The number of anilines is 1. The number of rotatable bonds is 5. The van der Waals surface area contributed by atoms with Gasteiger partial charge in [0.05, 0.1) is 12.1 Å². The molecule has 2 aromatic rings. The first-order valence-corrected chi connectivity index (χ1v) is 7.23. The maximum absolute atomic E-state index is 6.12. The van der Waals surface area contributed by atoms with Crippen molar-refractivity contribution in [2.75, 3.05) is 19.5 Å². The van der Waals surface area contributed by atoms with Gasteiger partial charge in [-0.15, -0.1) is 0 Å². The van der Waals surface area contributed by atoms with Crippen LogP contribution >= 0.6 is 23.2 Å². The average Bonchev–Trinajstić information content (AvgIpc) is 2.50. The summed E-state index contributed by atoms with van der Waals surface area (Å²) < 4.78 is 11.1. The van der Waals surface area contributed by atoms with E-state index in [0.717, 1.165) is 12.0 Å². The third kappa shape index (κ3) is 3.52. The van der Waals surface area contributed by atoms with E-state index in [1.165, 1.54) is 0 Å². The fourth-order valence-electron chi connectivity index (χ4n) is 1.82. The van der Waals surface area contributed by atoms with E-state index in [4.69, 9.17) is 32.7 Å². The Balaban J connectivity index is 2.38. The summed E-state index contributed by atoms with van der Waals surface area (Å²) >= 11 is 12.1. The zero-order chi connectivity index (χ0) is 15.4. The summed E-state index contributed by atoms with van der Waals surface area (Å²) in [6.07, 6.45) is 0.917. The second-order valence-electron chi connectivity index (χ2n) is 4.30. The van der Waals surface area contributed by atoms with E-state index in [1.807, 2.05) is 18.2 Å². The number of nitrogens with one attached hydrogen (secondary N) is 1. The predicted octanol–water partition coefficient (Wildman–Crippen LogP) is 4.79. The lowest BCUT2D eigenvalue weighted by Gasteiger charge is -2.13. The summed E-state index contributed by atoms with van der Waals surface area (Å²) in [5.74, 6) is 1.95. The molecule has 1 aromatic carbocycles. The number of hydrogen-bond donors (Lipinski definition) is 1. The van der Waals surface area contributed by atoms with Crippen molar-refractivity contribution < 1.29 is 9.47 Å². The Morgan fingerprint density at radius 2 is 1.90 bits per heavy atom. The first-order valence-electron chi connectivity index (χ1n) is 6.47. The van der Waals surface area contributed by atoms with Crippen molar-refractivity contribution in [1.29, 1.82) is 0 Å². The molecule has 6 heteroatoms. The quantitative estimate of drug-likeness (QED) is 0.857. The van der Waals surface area contributed by atoms with E-state index < -0.39 is 0 Å². The molecular weight excluding hydrogens is 311 g/mol. The molecule has 1 N–H and O–H groups in total. The molecule has 1 heterocycles. The summed E-state index contributed by atoms with van der Waals surface area (Å²) in [4.78, 5) is 4.25. The van der Waals surface area contributed by atoms with Gasteiger partial charge in [0.1, 0.15) is 10.8 Å². The van der Waals surface area contributed by atoms with Crippen LogP contribution in [0.5, 0.6) is 17.4 Å². The molecule has 112 valence electrons. The van der Waals surface area contributed by atoms with Gasteiger partial charge in [0.15, 0.2) is 11.5 Å². The van der Waals surface area contributed by atoms with Gasteiger partial charge in [0.2, 0.25) is 5.88 Å². The Bertz CT molecular complexity index is 648. The van der Waals surface area contributed by atoms with Crippen LogP contribution in [0.15, 0.2) is 24.3 Å². The summed E-state index contributed by atoms with van der Waals surface area (Å²) in [6.45, 7) is 2.08. The van der Waals surface area contributed by atoms with Gasteiger partial charge in [-0.1, -0.05) is 36.2 Å². The van der Waals surface area contributed by atoms with E-state index in [9.17, 15) is 0 Å². The van der Waals surface area contributed by atoms with Crippen molar-refractivity contribution >= 4 is 29.0 Å². The number of pyridine rings is 1. The minimum absolute atomic E-state index is 0.271. The maximum Gasteiger partial charge on any atom is 0.240 e. The Labute approximate surface area is 134 Å². The van der Waals surface area contributed by atoms with Gasteiger partial charge in [0.25, 0.3) is 0 Å². The van der Waals surface area contributed by atoms with Crippen molar-refractivity contribution in [2.45, 2.75) is 13.3 Å². The molecule has 0 amide bonds. The van der Waals surface area contributed by atoms with Crippen molar-refractivity contribution in [3.8, 4) is 17.4 Å². The summed E-state index contributed by atoms with van der Waals surface area (Å²) in [5.41, 5.74) is 1.16. The highest BCUT2D eigenvalue weighted by Gasteiger charge is 2.13. The first kappa shape index (κ1) is 15.7. The van der Waals surface area contributed by atoms with E-state index in [-0.39, 0.29) is 5.88 Å². The van der Waals surface area contributed by atoms with E-state index in [2.05, 4.69) is 17.2 Å². The van der Waals surface area contributed by atoms with E-state index >= 15 is 0 Å². The largest absolute Gasteiger partial charge is 0.493 e. The molecular formula is C15H16Cl2N2O2. The van der Waals surface area contributed by atoms with Crippen molar-refractivity contribution in [1.82, 2.24) is 4.98 Å². The second kappa shape index (κ2) is 6.87. The molecule has 0 spiro atoms. The normalized spacial score (nSPS) is 10.3. The molecule has 0 saturated heterocycles. The Morgan fingerprint density at radius 3 is 2.52 bits per heavy atom. The molecule has 0 radical (unpaired) electrons. The molecule has 1 aromatic heterocycles. The highest BCUT2D eigenvalue weighted by atomic mass is 35.5. The number of benzene rings is 1. The van der Waals surface area contributed by atoms with Crippen molar-refractivity contribution in [2.24, 2.45) is 0 Å². The molecule has 0 unspecified atom stereocenters. The van der Waals surface area contributed by atoms with Gasteiger partial charge >= 0.3 is 0 Å². The molecule has 4 nitrogen and oxygen atoms in total. The fraction of sp³-hybridized carbons (Fsp3) is 0.267. The highest BCUT2D eigenvalue weighted by molar-refractivity contribution is 6.36. The van der Waals surface area contributed by atoms with Crippen LogP contribution in [-0.4, -0.2) is 19.1 Å². The van der Waals surface area contributed by atoms with Crippen LogP contribution in [0, 0.1) is 0 Å². The lowest BCUT2D eigenvalue weighted by molar-refractivity contribution is 0.374. The molecule has 0 aliphatic carbocycles. The number of ether oxygens (including phenoxy) is 2. The van der Waals surface area contributed by atoms with Gasteiger partial charge in [-0.25, -0.2) is 0 Å².